The summed E-state index contributed by atoms with van der Waals surface area (Å²) in [5.41, 5.74) is 9.82. The summed E-state index contributed by atoms with van der Waals surface area (Å²) in [6.07, 6.45) is 1.82. The second kappa shape index (κ2) is 6.55. The monoisotopic (exact) mass is 307 g/mol. The SMILES string of the molecule is Cc1ccnc(-c2ccc3ccc(N)nc3c2)c1.Cl.Cl. The van der Waals surface area contributed by atoms with Gasteiger partial charge >= 0.3 is 0 Å². The van der Waals surface area contributed by atoms with Gasteiger partial charge in [0, 0.05) is 17.1 Å². The van der Waals surface area contributed by atoms with Crippen molar-refractivity contribution < 1.29 is 0 Å². The Morgan fingerprint density at radius 2 is 1.70 bits per heavy atom. The van der Waals surface area contributed by atoms with Crippen LogP contribution >= 0.6 is 24.8 Å². The Labute approximate surface area is 130 Å². The Hall–Kier alpha value is -1.84. The standard InChI is InChI=1S/C15H13N3.2ClH/c1-10-6-7-17-13(8-10)12-3-2-11-4-5-15(16)18-14(11)9-12;;/h2-9H,1H3,(H2,16,18);2*1H. The summed E-state index contributed by atoms with van der Waals surface area (Å²) in [6.45, 7) is 2.06. The van der Waals surface area contributed by atoms with Gasteiger partial charge in [-0.3, -0.25) is 4.98 Å². The van der Waals surface area contributed by atoms with E-state index in [4.69, 9.17) is 5.73 Å². The first-order valence-corrected chi connectivity index (χ1v) is 5.82. The maximum atomic E-state index is 5.71. The molecule has 0 saturated heterocycles. The Bertz CT molecular complexity index is 729. The van der Waals surface area contributed by atoms with Gasteiger partial charge in [-0.25, -0.2) is 4.98 Å². The number of nitrogen functional groups attached to an aromatic ring is 1. The second-order valence-corrected chi connectivity index (χ2v) is 4.36. The summed E-state index contributed by atoms with van der Waals surface area (Å²) in [5.74, 6) is 0.539. The van der Waals surface area contributed by atoms with Crippen molar-refractivity contribution in [1.29, 1.82) is 0 Å². The number of anilines is 1. The summed E-state index contributed by atoms with van der Waals surface area (Å²) in [6, 6.07) is 14.0. The van der Waals surface area contributed by atoms with Crippen LogP contribution in [0.4, 0.5) is 5.82 Å². The third-order valence-corrected chi connectivity index (χ3v) is 2.92. The number of nitrogens with zero attached hydrogens (tertiary/aromatic N) is 2. The zero-order valence-corrected chi connectivity index (χ0v) is 12.5. The van der Waals surface area contributed by atoms with E-state index in [1.165, 1.54) is 5.56 Å². The van der Waals surface area contributed by atoms with Gasteiger partial charge in [0.2, 0.25) is 0 Å². The fraction of sp³-hybridized carbons (Fsp3) is 0.0667. The lowest BCUT2D eigenvalue weighted by atomic mass is 10.1. The van der Waals surface area contributed by atoms with Crippen LogP contribution in [-0.4, -0.2) is 9.97 Å². The van der Waals surface area contributed by atoms with Crippen LogP contribution in [0.3, 0.4) is 0 Å². The maximum Gasteiger partial charge on any atom is 0.124 e. The fourth-order valence-corrected chi connectivity index (χ4v) is 1.99. The van der Waals surface area contributed by atoms with Gasteiger partial charge in [-0.15, -0.1) is 24.8 Å². The largest absolute Gasteiger partial charge is 0.384 e. The number of rotatable bonds is 1. The molecule has 0 saturated carbocycles. The van der Waals surface area contributed by atoms with Crippen LogP contribution in [0.2, 0.25) is 0 Å². The topological polar surface area (TPSA) is 51.8 Å². The third kappa shape index (κ3) is 3.18. The highest BCUT2D eigenvalue weighted by Gasteiger charge is 2.02. The molecular weight excluding hydrogens is 293 g/mol. The molecule has 20 heavy (non-hydrogen) atoms. The lowest BCUT2D eigenvalue weighted by Crippen LogP contribution is -1.90. The van der Waals surface area contributed by atoms with Crippen molar-refractivity contribution in [2.45, 2.75) is 6.92 Å². The summed E-state index contributed by atoms with van der Waals surface area (Å²) in [7, 11) is 0. The quantitative estimate of drug-likeness (QED) is 0.738. The number of benzene rings is 1. The van der Waals surface area contributed by atoms with E-state index in [1.54, 1.807) is 0 Å². The van der Waals surface area contributed by atoms with Crippen LogP contribution in [0.25, 0.3) is 22.2 Å². The fourth-order valence-electron chi connectivity index (χ4n) is 1.99. The summed E-state index contributed by atoms with van der Waals surface area (Å²) in [4.78, 5) is 8.71. The zero-order chi connectivity index (χ0) is 12.5. The van der Waals surface area contributed by atoms with Crippen molar-refractivity contribution in [3.05, 3.63) is 54.2 Å². The molecule has 2 heterocycles. The predicted molar refractivity (Wildman–Crippen MR) is 88.6 cm³/mol. The van der Waals surface area contributed by atoms with Gasteiger partial charge in [0.25, 0.3) is 0 Å². The Balaban J connectivity index is 0.000001000. The van der Waals surface area contributed by atoms with E-state index in [1.807, 2.05) is 36.5 Å². The lowest BCUT2D eigenvalue weighted by Gasteiger charge is -2.04. The minimum absolute atomic E-state index is 0. The van der Waals surface area contributed by atoms with Crippen molar-refractivity contribution in [3.63, 3.8) is 0 Å². The molecule has 0 unspecified atom stereocenters. The average molecular weight is 308 g/mol. The number of aromatic nitrogens is 2. The van der Waals surface area contributed by atoms with Crippen LogP contribution in [0, 0.1) is 6.92 Å². The van der Waals surface area contributed by atoms with Gasteiger partial charge < -0.3 is 5.73 Å². The van der Waals surface area contributed by atoms with Gasteiger partial charge in [0.1, 0.15) is 5.82 Å². The molecule has 0 radical (unpaired) electrons. The average Bonchev–Trinajstić information content (AvgIpc) is 2.38. The zero-order valence-electron chi connectivity index (χ0n) is 10.9. The van der Waals surface area contributed by atoms with E-state index in [0.29, 0.717) is 5.82 Å². The molecule has 1 aromatic carbocycles. The molecule has 104 valence electrons. The number of fused-ring (bicyclic) bond motifs is 1. The predicted octanol–water partition coefficient (Wildman–Crippen LogP) is 4.03. The first-order valence-electron chi connectivity index (χ1n) is 5.82. The number of halogens is 2. The maximum absolute atomic E-state index is 5.71. The van der Waals surface area contributed by atoms with Crippen molar-refractivity contribution >= 4 is 41.5 Å². The Kier molecular flexibility index (Phi) is 5.31. The molecule has 0 spiro atoms. The summed E-state index contributed by atoms with van der Waals surface area (Å²) >= 11 is 0. The molecule has 3 rings (SSSR count). The molecule has 0 atom stereocenters. The van der Waals surface area contributed by atoms with E-state index in [2.05, 4.69) is 29.0 Å². The normalized spacial score (nSPS) is 9.65. The molecule has 0 fully saturated rings. The molecule has 0 aliphatic heterocycles. The first kappa shape index (κ1) is 16.2. The van der Waals surface area contributed by atoms with Crippen molar-refractivity contribution in [1.82, 2.24) is 9.97 Å². The first-order chi connectivity index (χ1) is 8.72. The Morgan fingerprint density at radius 1 is 0.950 bits per heavy atom. The molecule has 2 aromatic heterocycles. The van der Waals surface area contributed by atoms with Crippen molar-refractivity contribution in [2.75, 3.05) is 5.73 Å². The van der Waals surface area contributed by atoms with Gasteiger partial charge in [0.05, 0.1) is 11.2 Å². The van der Waals surface area contributed by atoms with Gasteiger partial charge in [-0.2, -0.15) is 0 Å². The smallest absolute Gasteiger partial charge is 0.124 e. The van der Waals surface area contributed by atoms with Crippen LogP contribution in [0.1, 0.15) is 5.56 Å². The molecule has 2 N–H and O–H groups in total. The number of nitrogens with two attached hydrogens (primary N) is 1. The van der Waals surface area contributed by atoms with E-state index in [9.17, 15) is 0 Å². The van der Waals surface area contributed by atoms with Gasteiger partial charge in [-0.1, -0.05) is 12.1 Å². The number of pyridine rings is 2. The lowest BCUT2D eigenvalue weighted by molar-refractivity contribution is 1.29. The van der Waals surface area contributed by atoms with E-state index >= 15 is 0 Å². The number of hydrogen-bond donors (Lipinski definition) is 1. The summed E-state index contributed by atoms with van der Waals surface area (Å²) < 4.78 is 0. The number of hydrogen-bond acceptors (Lipinski definition) is 3. The molecule has 0 amide bonds. The third-order valence-electron chi connectivity index (χ3n) is 2.92. The van der Waals surface area contributed by atoms with E-state index in [0.717, 1.165) is 22.2 Å². The minimum Gasteiger partial charge on any atom is -0.384 e. The molecule has 0 aliphatic rings. The van der Waals surface area contributed by atoms with Gasteiger partial charge in [-0.05, 0) is 42.8 Å². The van der Waals surface area contributed by atoms with Crippen molar-refractivity contribution in [3.8, 4) is 11.3 Å². The highest BCUT2D eigenvalue weighted by atomic mass is 35.5. The molecular formula is C15H15Cl2N3. The molecule has 0 bridgehead atoms. The molecule has 3 aromatic rings. The minimum atomic E-state index is 0. The van der Waals surface area contributed by atoms with E-state index < -0.39 is 0 Å². The molecule has 3 nitrogen and oxygen atoms in total. The highest BCUT2D eigenvalue weighted by molar-refractivity contribution is 5.86. The molecule has 5 heteroatoms. The van der Waals surface area contributed by atoms with Crippen molar-refractivity contribution in [2.24, 2.45) is 0 Å². The van der Waals surface area contributed by atoms with Crippen LogP contribution in [0.5, 0.6) is 0 Å². The summed E-state index contributed by atoms with van der Waals surface area (Å²) in [5, 5.41) is 1.08. The Morgan fingerprint density at radius 3 is 2.45 bits per heavy atom. The van der Waals surface area contributed by atoms with E-state index in [-0.39, 0.29) is 24.8 Å². The van der Waals surface area contributed by atoms with Gasteiger partial charge in [0.15, 0.2) is 0 Å². The number of aryl methyl sites for hydroxylation is 1. The second-order valence-electron chi connectivity index (χ2n) is 4.36. The van der Waals surface area contributed by atoms with Crippen LogP contribution in [0.15, 0.2) is 48.7 Å². The molecule has 0 aliphatic carbocycles. The highest BCUT2D eigenvalue weighted by Crippen LogP contribution is 2.23. The van der Waals surface area contributed by atoms with Crippen LogP contribution < -0.4 is 5.73 Å². The van der Waals surface area contributed by atoms with Crippen LogP contribution in [-0.2, 0) is 0 Å².